The second-order valence-corrected chi connectivity index (χ2v) is 8.61. The average Bonchev–Trinajstić information content (AvgIpc) is 3.53. The van der Waals surface area contributed by atoms with Crippen LogP contribution in [0.5, 0.6) is 0 Å². The number of hydrogen-bond acceptors (Lipinski definition) is 5. The highest BCUT2D eigenvalue weighted by atomic mass is 32.2. The molecule has 1 saturated carbocycles. The maximum atomic E-state index is 12.6. The van der Waals surface area contributed by atoms with Gasteiger partial charge in [-0.1, -0.05) is 30.7 Å². The third-order valence-corrected chi connectivity index (χ3v) is 6.23. The van der Waals surface area contributed by atoms with E-state index in [0.29, 0.717) is 34.8 Å². The van der Waals surface area contributed by atoms with Gasteiger partial charge < -0.3 is 15.1 Å². The van der Waals surface area contributed by atoms with Gasteiger partial charge in [0.1, 0.15) is 11.5 Å². The molecule has 8 heteroatoms. The number of thioether (sulfide) groups is 1. The first-order chi connectivity index (χ1) is 15.1. The molecule has 0 aliphatic heterocycles. The largest absolute Gasteiger partial charge is 0.465 e. The van der Waals surface area contributed by atoms with Crippen LogP contribution in [0.3, 0.4) is 0 Å². The fourth-order valence-corrected chi connectivity index (χ4v) is 4.49. The van der Waals surface area contributed by atoms with Gasteiger partial charge in [0, 0.05) is 29.7 Å². The molecule has 2 N–H and O–H groups in total. The molecule has 0 bridgehead atoms. The third-order valence-electron chi connectivity index (χ3n) is 5.27. The molecule has 0 spiro atoms. The maximum absolute atomic E-state index is 12.6. The Morgan fingerprint density at radius 1 is 1.23 bits per heavy atom. The van der Waals surface area contributed by atoms with Gasteiger partial charge in [0.25, 0.3) is 5.91 Å². The molecule has 2 heterocycles. The van der Waals surface area contributed by atoms with Crippen molar-refractivity contribution in [3.63, 3.8) is 0 Å². The molecule has 4 rings (SSSR count). The van der Waals surface area contributed by atoms with Crippen LogP contribution >= 0.6 is 11.8 Å². The van der Waals surface area contributed by atoms with Crippen LogP contribution in [0, 0.1) is 6.92 Å². The number of nitrogens with zero attached hydrogens (tertiary/aromatic N) is 2. The fraction of sp³-hybridized carbons (Fsp3) is 0.348. The molecular formula is C23H26N4O3S. The fourth-order valence-electron chi connectivity index (χ4n) is 3.71. The number of amides is 2. The highest BCUT2D eigenvalue weighted by Gasteiger charge is 2.18. The SMILES string of the molecule is Cc1ccc(CNC(=O)c2cccc(-n3ccnc3SCC(=O)NC3CCCC3)c2)o1. The first-order valence-electron chi connectivity index (χ1n) is 10.5. The molecule has 1 fully saturated rings. The number of carbonyl (C=O) groups excluding carboxylic acids is 2. The van der Waals surface area contributed by atoms with Gasteiger partial charge in [-0.05, 0) is 50.1 Å². The summed E-state index contributed by atoms with van der Waals surface area (Å²) in [6.07, 6.45) is 8.04. The lowest BCUT2D eigenvalue weighted by Crippen LogP contribution is -2.33. The number of aryl methyl sites for hydroxylation is 1. The minimum absolute atomic E-state index is 0.0349. The number of hydrogen-bond donors (Lipinski definition) is 2. The predicted molar refractivity (Wildman–Crippen MR) is 119 cm³/mol. The van der Waals surface area contributed by atoms with Crippen LogP contribution in [0.2, 0.25) is 0 Å². The Labute approximate surface area is 185 Å². The topological polar surface area (TPSA) is 89.2 Å². The van der Waals surface area contributed by atoms with E-state index in [4.69, 9.17) is 4.42 Å². The molecule has 0 atom stereocenters. The first-order valence-corrected chi connectivity index (χ1v) is 11.5. The van der Waals surface area contributed by atoms with Gasteiger partial charge in [0.15, 0.2) is 5.16 Å². The van der Waals surface area contributed by atoms with E-state index in [0.717, 1.165) is 24.3 Å². The van der Waals surface area contributed by atoms with E-state index >= 15 is 0 Å². The number of rotatable bonds is 8. The summed E-state index contributed by atoms with van der Waals surface area (Å²) in [5, 5.41) is 6.68. The van der Waals surface area contributed by atoms with Crippen LogP contribution in [0.1, 0.15) is 47.6 Å². The van der Waals surface area contributed by atoms with Crippen molar-refractivity contribution in [3.8, 4) is 5.69 Å². The molecule has 3 aromatic rings. The quantitative estimate of drug-likeness (QED) is 0.522. The molecule has 7 nitrogen and oxygen atoms in total. The number of carbonyl (C=O) groups is 2. The van der Waals surface area contributed by atoms with Crippen LogP contribution in [-0.2, 0) is 11.3 Å². The highest BCUT2D eigenvalue weighted by Crippen LogP contribution is 2.22. The summed E-state index contributed by atoms with van der Waals surface area (Å²) in [5.41, 5.74) is 1.36. The number of aromatic nitrogens is 2. The van der Waals surface area contributed by atoms with Crippen molar-refractivity contribution < 1.29 is 14.0 Å². The minimum Gasteiger partial charge on any atom is -0.465 e. The first kappa shape index (κ1) is 21.2. The molecule has 0 saturated heterocycles. The van der Waals surface area contributed by atoms with Gasteiger partial charge in [0.05, 0.1) is 12.3 Å². The third kappa shape index (κ3) is 5.58. The molecule has 1 aliphatic rings. The molecule has 31 heavy (non-hydrogen) atoms. The summed E-state index contributed by atoms with van der Waals surface area (Å²) >= 11 is 1.39. The van der Waals surface area contributed by atoms with Crippen LogP contribution in [0.4, 0.5) is 0 Å². The summed E-state index contributed by atoms with van der Waals surface area (Å²) in [4.78, 5) is 29.2. The Kier molecular flexibility index (Phi) is 6.76. The van der Waals surface area contributed by atoms with Crippen molar-refractivity contribution in [1.82, 2.24) is 20.2 Å². The van der Waals surface area contributed by atoms with Crippen LogP contribution in [-0.4, -0.2) is 33.2 Å². The van der Waals surface area contributed by atoms with E-state index in [2.05, 4.69) is 15.6 Å². The van der Waals surface area contributed by atoms with E-state index in [1.165, 1.54) is 24.6 Å². The van der Waals surface area contributed by atoms with E-state index in [-0.39, 0.29) is 11.8 Å². The summed E-state index contributed by atoms with van der Waals surface area (Å²) in [6, 6.07) is 11.4. The zero-order valence-electron chi connectivity index (χ0n) is 17.5. The van der Waals surface area contributed by atoms with Crippen molar-refractivity contribution in [3.05, 3.63) is 65.9 Å². The van der Waals surface area contributed by atoms with Crippen molar-refractivity contribution >= 4 is 23.6 Å². The zero-order chi connectivity index (χ0) is 21.6. The van der Waals surface area contributed by atoms with Gasteiger partial charge >= 0.3 is 0 Å². The second-order valence-electron chi connectivity index (χ2n) is 7.66. The van der Waals surface area contributed by atoms with Crippen LogP contribution < -0.4 is 10.6 Å². The van der Waals surface area contributed by atoms with Crippen LogP contribution in [0.15, 0.2) is 58.4 Å². The van der Waals surface area contributed by atoms with Gasteiger partial charge in [-0.25, -0.2) is 4.98 Å². The summed E-state index contributed by atoms with van der Waals surface area (Å²) in [7, 11) is 0. The highest BCUT2D eigenvalue weighted by molar-refractivity contribution is 7.99. The minimum atomic E-state index is -0.179. The monoisotopic (exact) mass is 438 g/mol. The van der Waals surface area contributed by atoms with Crippen LogP contribution in [0.25, 0.3) is 5.69 Å². The van der Waals surface area contributed by atoms with E-state index < -0.39 is 0 Å². The second kappa shape index (κ2) is 9.87. The van der Waals surface area contributed by atoms with Gasteiger partial charge in [-0.15, -0.1) is 0 Å². The van der Waals surface area contributed by atoms with Gasteiger partial charge in [-0.3, -0.25) is 14.2 Å². The molecule has 162 valence electrons. The standard InChI is InChI=1S/C23H26N4O3S/c1-16-9-10-20(30-16)14-25-22(29)17-5-4-8-19(13-17)27-12-11-24-23(27)31-15-21(28)26-18-6-2-3-7-18/h4-5,8-13,18H,2-3,6-7,14-15H2,1H3,(H,25,29)(H,26,28). The van der Waals surface area contributed by atoms with Crippen molar-refractivity contribution in [1.29, 1.82) is 0 Å². The lowest BCUT2D eigenvalue weighted by atomic mass is 10.2. The number of imidazole rings is 1. The molecule has 2 aromatic heterocycles. The molecular weight excluding hydrogens is 412 g/mol. The Balaban J connectivity index is 1.38. The summed E-state index contributed by atoms with van der Waals surface area (Å²) in [6.45, 7) is 2.20. The number of furan rings is 1. The van der Waals surface area contributed by atoms with E-state index in [1.54, 1.807) is 12.3 Å². The molecule has 0 radical (unpaired) electrons. The number of nitrogens with one attached hydrogen (secondary N) is 2. The molecule has 1 aliphatic carbocycles. The average molecular weight is 439 g/mol. The van der Waals surface area contributed by atoms with Gasteiger partial charge in [-0.2, -0.15) is 0 Å². The van der Waals surface area contributed by atoms with Crippen molar-refractivity contribution in [2.75, 3.05) is 5.75 Å². The van der Waals surface area contributed by atoms with Crippen molar-refractivity contribution in [2.45, 2.75) is 50.4 Å². The molecule has 0 unspecified atom stereocenters. The summed E-state index contributed by atoms with van der Waals surface area (Å²) in [5.74, 6) is 1.70. The Morgan fingerprint density at radius 3 is 2.84 bits per heavy atom. The Hall–Kier alpha value is -3.00. The lowest BCUT2D eigenvalue weighted by Gasteiger charge is -2.12. The summed E-state index contributed by atoms with van der Waals surface area (Å²) < 4.78 is 7.38. The van der Waals surface area contributed by atoms with Crippen molar-refractivity contribution in [2.24, 2.45) is 0 Å². The Morgan fingerprint density at radius 2 is 2.06 bits per heavy atom. The maximum Gasteiger partial charge on any atom is 0.251 e. The van der Waals surface area contributed by atoms with Gasteiger partial charge in [0.2, 0.25) is 5.91 Å². The molecule has 1 aromatic carbocycles. The zero-order valence-corrected chi connectivity index (χ0v) is 18.3. The normalized spacial score (nSPS) is 14.0. The lowest BCUT2D eigenvalue weighted by molar-refractivity contribution is -0.119. The van der Waals surface area contributed by atoms with E-state index in [1.807, 2.05) is 48.0 Å². The number of benzene rings is 1. The van der Waals surface area contributed by atoms with E-state index in [9.17, 15) is 9.59 Å². The predicted octanol–water partition coefficient (Wildman–Crippen LogP) is 3.85. The Bertz CT molecular complexity index is 1050. The smallest absolute Gasteiger partial charge is 0.251 e. The molecule has 2 amide bonds.